The minimum absolute atomic E-state index is 0.340. The maximum Gasteiger partial charge on any atom is 0.0366 e. The van der Waals surface area contributed by atoms with Gasteiger partial charge >= 0.3 is 0 Å². The van der Waals surface area contributed by atoms with Crippen molar-refractivity contribution in [2.45, 2.75) is 46.1 Å². The van der Waals surface area contributed by atoms with Crippen molar-refractivity contribution in [3.63, 3.8) is 0 Å². The van der Waals surface area contributed by atoms with Gasteiger partial charge in [-0.3, -0.25) is 0 Å². The molecule has 2 atom stereocenters. The second kappa shape index (κ2) is 7.42. The molecule has 0 aliphatic heterocycles. The number of anilines is 1. The van der Waals surface area contributed by atoms with E-state index in [0.717, 1.165) is 13.0 Å². The Morgan fingerprint density at radius 1 is 1.22 bits per heavy atom. The number of nitrogens with zero attached hydrogens (tertiary/aromatic N) is 1. The first kappa shape index (κ1) is 15.0. The lowest BCUT2D eigenvalue weighted by Gasteiger charge is -2.24. The molecule has 102 valence electrons. The fourth-order valence-electron chi connectivity index (χ4n) is 2.32. The SMILES string of the molecule is Cc1cccc(N(C)CC(C)CCCC(C)N)c1. The third-order valence-corrected chi connectivity index (χ3v) is 3.38. The van der Waals surface area contributed by atoms with E-state index < -0.39 is 0 Å². The summed E-state index contributed by atoms with van der Waals surface area (Å²) < 4.78 is 0. The molecule has 2 heteroatoms. The number of benzene rings is 1. The van der Waals surface area contributed by atoms with Gasteiger partial charge in [-0.15, -0.1) is 0 Å². The van der Waals surface area contributed by atoms with Crippen molar-refractivity contribution in [2.75, 3.05) is 18.5 Å². The lowest BCUT2D eigenvalue weighted by Crippen LogP contribution is -2.24. The van der Waals surface area contributed by atoms with Crippen molar-refractivity contribution in [3.8, 4) is 0 Å². The molecular weight excluding hydrogens is 220 g/mol. The van der Waals surface area contributed by atoms with Crippen LogP contribution in [0.1, 0.15) is 38.7 Å². The largest absolute Gasteiger partial charge is 0.374 e. The molecule has 18 heavy (non-hydrogen) atoms. The van der Waals surface area contributed by atoms with E-state index in [4.69, 9.17) is 5.73 Å². The van der Waals surface area contributed by atoms with E-state index in [1.807, 2.05) is 0 Å². The van der Waals surface area contributed by atoms with E-state index in [1.54, 1.807) is 0 Å². The Kier molecular flexibility index (Phi) is 6.20. The Morgan fingerprint density at radius 3 is 2.56 bits per heavy atom. The van der Waals surface area contributed by atoms with Crippen molar-refractivity contribution >= 4 is 5.69 Å². The van der Waals surface area contributed by atoms with Gasteiger partial charge in [0, 0.05) is 25.3 Å². The van der Waals surface area contributed by atoms with Crippen LogP contribution in [-0.4, -0.2) is 19.6 Å². The molecule has 0 heterocycles. The van der Waals surface area contributed by atoms with Crippen LogP contribution in [-0.2, 0) is 0 Å². The second-order valence-electron chi connectivity index (χ2n) is 5.73. The van der Waals surface area contributed by atoms with Crippen molar-refractivity contribution < 1.29 is 0 Å². The summed E-state index contributed by atoms with van der Waals surface area (Å²) in [6.45, 7) is 7.67. The predicted octanol–water partition coefficient (Wildman–Crippen LogP) is 3.58. The molecule has 0 radical (unpaired) electrons. The molecule has 0 spiro atoms. The van der Waals surface area contributed by atoms with Crippen LogP contribution < -0.4 is 10.6 Å². The molecule has 0 saturated carbocycles. The molecule has 1 aromatic rings. The molecule has 0 aliphatic carbocycles. The first-order valence-corrected chi connectivity index (χ1v) is 7.02. The highest BCUT2D eigenvalue weighted by atomic mass is 15.1. The average molecular weight is 248 g/mol. The number of aryl methyl sites for hydroxylation is 1. The van der Waals surface area contributed by atoms with Gasteiger partial charge in [-0.2, -0.15) is 0 Å². The molecule has 2 nitrogen and oxygen atoms in total. The highest BCUT2D eigenvalue weighted by molar-refractivity contribution is 5.47. The number of nitrogens with two attached hydrogens (primary N) is 1. The van der Waals surface area contributed by atoms with Crippen molar-refractivity contribution in [2.24, 2.45) is 11.7 Å². The van der Waals surface area contributed by atoms with Gasteiger partial charge < -0.3 is 10.6 Å². The van der Waals surface area contributed by atoms with Crippen LogP contribution in [0.2, 0.25) is 0 Å². The van der Waals surface area contributed by atoms with Crippen LogP contribution in [0, 0.1) is 12.8 Å². The fraction of sp³-hybridized carbons (Fsp3) is 0.625. The third kappa shape index (κ3) is 5.54. The van der Waals surface area contributed by atoms with Crippen LogP contribution in [0.15, 0.2) is 24.3 Å². The molecule has 2 N–H and O–H groups in total. The Hall–Kier alpha value is -1.02. The minimum Gasteiger partial charge on any atom is -0.374 e. The molecule has 1 rings (SSSR count). The highest BCUT2D eigenvalue weighted by Crippen LogP contribution is 2.17. The van der Waals surface area contributed by atoms with E-state index in [-0.39, 0.29) is 0 Å². The second-order valence-corrected chi connectivity index (χ2v) is 5.73. The highest BCUT2D eigenvalue weighted by Gasteiger charge is 2.08. The fourth-order valence-corrected chi connectivity index (χ4v) is 2.32. The summed E-state index contributed by atoms with van der Waals surface area (Å²) in [4.78, 5) is 2.35. The van der Waals surface area contributed by atoms with Gasteiger partial charge in [0.15, 0.2) is 0 Å². The number of hydrogen-bond donors (Lipinski definition) is 1. The van der Waals surface area contributed by atoms with Crippen LogP contribution >= 0.6 is 0 Å². The first-order chi connectivity index (χ1) is 8.49. The van der Waals surface area contributed by atoms with Crippen LogP contribution in [0.25, 0.3) is 0 Å². The lowest BCUT2D eigenvalue weighted by molar-refractivity contribution is 0.481. The normalized spacial score (nSPS) is 14.3. The Labute approximate surface area is 112 Å². The zero-order chi connectivity index (χ0) is 13.5. The average Bonchev–Trinajstić information content (AvgIpc) is 2.28. The third-order valence-electron chi connectivity index (χ3n) is 3.38. The maximum atomic E-state index is 5.78. The Bertz CT molecular complexity index is 347. The first-order valence-electron chi connectivity index (χ1n) is 7.02. The predicted molar refractivity (Wildman–Crippen MR) is 81.1 cm³/mol. The van der Waals surface area contributed by atoms with Crippen LogP contribution in [0.3, 0.4) is 0 Å². The van der Waals surface area contributed by atoms with E-state index in [1.165, 1.54) is 24.1 Å². The van der Waals surface area contributed by atoms with E-state index in [9.17, 15) is 0 Å². The summed E-state index contributed by atoms with van der Waals surface area (Å²) in [5, 5.41) is 0. The van der Waals surface area contributed by atoms with Gasteiger partial charge in [0.25, 0.3) is 0 Å². The number of hydrogen-bond acceptors (Lipinski definition) is 2. The van der Waals surface area contributed by atoms with Crippen LogP contribution in [0.4, 0.5) is 5.69 Å². The summed E-state index contributed by atoms with van der Waals surface area (Å²) in [6.07, 6.45) is 3.64. The molecule has 1 aromatic carbocycles. The topological polar surface area (TPSA) is 29.3 Å². The molecule has 0 aromatic heterocycles. The Balaban J connectivity index is 2.37. The van der Waals surface area contributed by atoms with Crippen LogP contribution in [0.5, 0.6) is 0 Å². The monoisotopic (exact) mass is 248 g/mol. The van der Waals surface area contributed by atoms with Gasteiger partial charge in [-0.25, -0.2) is 0 Å². The Morgan fingerprint density at radius 2 is 1.94 bits per heavy atom. The summed E-state index contributed by atoms with van der Waals surface area (Å²) in [7, 11) is 2.18. The van der Waals surface area contributed by atoms with Gasteiger partial charge in [0.1, 0.15) is 0 Å². The molecule has 0 aliphatic rings. The van der Waals surface area contributed by atoms with E-state index in [0.29, 0.717) is 12.0 Å². The summed E-state index contributed by atoms with van der Waals surface area (Å²) in [5.41, 5.74) is 8.41. The molecular formula is C16H28N2. The van der Waals surface area contributed by atoms with Gasteiger partial charge in [-0.1, -0.05) is 25.5 Å². The zero-order valence-electron chi connectivity index (χ0n) is 12.3. The summed E-state index contributed by atoms with van der Waals surface area (Å²) in [6, 6.07) is 9.04. The quantitative estimate of drug-likeness (QED) is 0.799. The van der Waals surface area contributed by atoms with Gasteiger partial charge in [-0.05, 0) is 50.3 Å². The molecule has 0 amide bonds. The molecule has 0 fully saturated rings. The smallest absolute Gasteiger partial charge is 0.0366 e. The van der Waals surface area contributed by atoms with Gasteiger partial charge in [0.05, 0.1) is 0 Å². The molecule has 0 saturated heterocycles. The van der Waals surface area contributed by atoms with Gasteiger partial charge in [0.2, 0.25) is 0 Å². The molecule has 0 bridgehead atoms. The molecule has 2 unspecified atom stereocenters. The van der Waals surface area contributed by atoms with E-state index >= 15 is 0 Å². The summed E-state index contributed by atoms with van der Waals surface area (Å²) in [5.74, 6) is 0.717. The van der Waals surface area contributed by atoms with E-state index in [2.05, 4.69) is 57.0 Å². The standard InChI is InChI=1S/C16H28N2/c1-13-7-6-10-16(11-13)18(4)12-14(2)8-5-9-15(3)17/h6-7,10-11,14-15H,5,8-9,12,17H2,1-4H3. The summed E-state index contributed by atoms with van der Waals surface area (Å²) >= 11 is 0. The minimum atomic E-state index is 0.340. The number of rotatable bonds is 7. The van der Waals surface area contributed by atoms with Crippen molar-refractivity contribution in [1.29, 1.82) is 0 Å². The van der Waals surface area contributed by atoms with Crippen molar-refractivity contribution in [1.82, 2.24) is 0 Å². The zero-order valence-corrected chi connectivity index (χ0v) is 12.3. The lowest BCUT2D eigenvalue weighted by atomic mass is 10.0. The van der Waals surface area contributed by atoms with Crippen molar-refractivity contribution in [3.05, 3.63) is 29.8 Å². The maximum absolute atomic E-state index is 5.78.